The zero-order valence-electron chi connectivity index (χ0n) is 15.5. The van der Waals surface area contributed by atoms with Crippen molar-refractivity contribution >= 4 is 5.96 Å². The summed E-state index contributed by atoms with van der Waals surface area (Å²) < 4.78 is 11.1. The fourth-order valence-corrected chi connectivity index (χ4v) is 2.56. The van der Waals surface area contributed by atoms with Crippen LogP contribution in [0, 0.1) is 0 Å². The number of hydrogen-bond acceptors (Lipinski definition) is 5. The number of aromatic nitrogens is 1. The summed E-state index contributed by atoms with van der Waals surface area (Å²) in [5, 5.41) is 6.68. The van der Waals surface area contributed by atoms with Crippen LogP contribution in [0.4, 0.5) is 0 Å². The van der Waals surface area contributed by atoms with Gasteiger partial charge in [0, 0.05) is 51.5 Å². The Morgan fingerprint density at radius 1 is 1.36 bits per heavy atom. The molecule has 2 heterocycles. The molecule has 0 radical (unpaired) electrons. The van der Waals surface area contributed by atoms with Gasteiger partial charge in [-0.05, 0) is 12.5 Å². The van der Waals surface area contributed by atoms with Gasteiger partial charge >= 0.3 is 0 Å². The van der Waals surface area contributed by atoms with Gasteiger partial charge in [-0.3, -0.25) is 9.89 Å². The molecule has 0 aliphatic carbocycles. The van der Waals surface area contributed by atoms with Crippen LogP contribution in [0.2, 0.25) is 0 Å². The Morgan fingerprint density at radius 3 is 2.96 bits per heavy atom. The van der Waals surface area contributed by atoms with Crippen LogP contribution < -0.4 is 15.4 Å². The van der Waals surface area contributed by atoms with E-state index >= 15 is 0 Å². The molecule has 2 N–H and O–H groups in total. The molecule has 1 saturated heterocycles. The molecule has 1 aliphatic heterocycles. The molecule has 25 heavy (non-hydrogen) atoms. The lowest BCUT2D eigenvalue weighted by atomic mass is 10.2. The Bertz CT molecular complexity index is 518. The van der Waals surface area contributed by atoms with E-state index in [1.807, 2.05) is 12.1 Å². The molecule has 0 amide bonds. The minimum atomic E-state index is 0.631. The van der Waals surface area contributed by atoms with Crippen molar-refractivity contribution in [2.45, 2.75) is 26.3 Å². The van der Waals surface area contributed by atoms with Gasteiger partial charge in [-0.15, -0.1) is 0 Å². The van der Waals surface area contributed by atoms with E-state index in [-0.39, 0.29) is 0 Å². The summed E-state index contributed by atoms with van der Waals surface area (Å²) in [5.41, 5.74) is 1.04. The molecular formula is C18H31N5O2. The summed E-state index contributed by atoms with van der Waals surface area (Å²) >= 11 is 0. The zero-order valence-corrected chi connectivity index (χ0v) is 15.5. The first-order valence-electron chi connectivity index (χ1n) is 9.14. The first-order valence-corrected chi connectivity index (χ1v) is 9.14. The van der Waals surface area contributed by atoms with Crippen molar-refractivity contribution in [2.75, 3.05) is 53.0 Å². The van der Waals surface area contributed by atoms with Gasteiger partial charge in [0.15, 0.2) is 5.96 Å². The van der Waals surface area contributed by atoms with E-state index in [1.54, 1.807) is 13.2 Å². The molecule has 2 rings (SSSR count). The fourth-order valence-electron chi connectivity index (χ4n) is 2.56. The number of morpholine rings is 1. The molecule has 0 unspecified atom stereocenters. The number of unbranched alkanes of at least 4 members (excludes halogenated alkanes) is 1. The monoisotopic (exact) mass is 349 g/mol. The van der Waals surface area contributed by atoms with Gasteiger partial charge in [0.1, 0.15) is 0 Å². The Balaban J connectivity index is 1.74. The lowest BCUT2D eigenvalue weighted by Gasteiger charge is -2.26. The molecule has 0 spiro atoms. The van der Waals surface area contributed by atoms with Crippen LogP contribution in [-0.2, 0) is 11.3 Å². The second-order valence-electron chi connectivity index (χ2n) is 5.98. The minimum absolute atomic E-state index is 0.631. The molecule has 0 bridgehead atoms. The second kappa shape index (κ2) is 11.7. The number of ether oxygens (including phenoxy) is 2. The third kappa shape index (κ3) is 7.27. The summed E-state index contributed by atoms with van der Waals surface area (Å²) in [6.07, 6.45) is 3.91. The topological polar surface area (TPSA) is 71.0 Å². The SMILES string of the molecule is CCCCOc1ncccc1CNC(=NC)NCCN1CCOCC1. The molecule has 7 heteroatoms. The maximum Gasteiger partial charge on any atom is 0.218 e. The molecule has 0 atom stereocenters. The van der Waals surface area contributed by atoms with Gasteiger partial charge in [-0.1, -0.05) is 19.4 Å². The van der Waals surface area contributed by atoms with Crippen LogP contribution in [0.5, 0.6) is 5.88 Å². The average Bonchev–Trinajstić information content (AvgIpc) is 2.66. The van der Waals surface area contributed by atoms with E-state index in [1.165, 1.54) is 0 Å². The van der Waals surface area contributed by atoms with Crippen LogP contribution in [0.25, 0.3) is 0 Å². The lowest BCUT2D eigenvalue weighted by molar-refractivity contribution is 0.0389. The maximum absolute atomic E-state index is 5.77. The van der Waals surface area contributed by atoms with Gasteiger partial charge < -0.3 is 20.1 Å². The summed E-state index contributed by atoms with van der Waals surface area (Å²) in [6, 6.07) is 3.96. The molecular weight excluding hydrogens is 318 g/mol. The Hall–Kier alpha value is -1.86. The van der Waals surface area contributed by atoms with Crippen LogP contribution >= 0.6 is 0 Å². The van der Waals surface area contributed by atoms with Gasteiger partial charge in [-0.2, -0.15) is 0 Å². The standard InChI is InChI=1S/C18H31N5O2/c1-3-4-12-25-17-16(6-5-7-20-17)15-22-18(19-2)21-8-9-23-10-13-24-14-11-23/h5-7H,3-4,8-15H2,1-2H3,(H2,19,21,22). The highest BCUT2D eigenvalue weighted by atomic mass is 16.5. The summed E-state index contributed by atoms with van der Waals surface area (Å²) in [6.45, 7) is 8.98. The number of hydrogen-bond donors (Lipinski definition) is 2. The van der Waals surface area contributed by atoms with E-state index in [2.05, 4.69) is 32.4 Å². The summed E-state index contributed by atoms with van der Waals surface area (Å²) in [7, 11) is 1.78. The van der Waals surface area contributed by atoms with Crippen molar-refractivity contribution in [3.05, 3.63) is 23.9 Å². The molecule has 140 valence electrons. The van der Waals surface area contributed by atoms with Gasteiger partial charge in [0.05, 0.1) is 19.8 Å². The lowest BCUT2D eigenvalue weighted by Crippen LogP contribution is -2.44. The smallest absolute Gasteiger partial charge is 0.218 e. The highest BCUT2D eigenvalue weighted by Crippen LogP contribution is 2.14. The van der Waals surface area contributed by atoms with E-state index in [0.717, 1.165) is 63.8 Å². The molecule has 0 saturated carbocycles. The first-order chi connectivity index (χ1) is 12.3. The minimum Gasteiger partial charge on any atom is -0.477 e. The van der Waals surface area contributed by atoms with Crippen molar-refractivity contribution in [1.82, 2.24) is 20.5 Å². The summed E-state index contributed by atoms with van der Waals surface area (Å²) in [5.74, 6) is 1.49. The number of pyridine rings is 1. The van der Waals surface area contributed by atoms with Crippen LogP contribution in [0.3, 0.4) is 0 Å². The molecule has 1 fully saturated rings. The normalized spacial score (nSPS) is 15.8. The number of nitrogens with one attached hydrogen (secondary N) is 2. The van der Waals surface area contributed by atoms with Gasteiger partial charge in [0.2, 0.25) is 5.88 Å². The third-order valence-corrected chi connectivity index (χ3v) is 4.08. The largest absolute Gasteiger partial charge is 0.477 e. The van der Waals surface area contributed by atoms with E-state index < -0.39 is 0 Å². The second-order valence-corrected chi connectivity index (χ2v) is 5.98. The van der Waals surface area contributed by atoms with Crippen LogP contribution in [0.15, 0.2) is 23.3 Å². The predicted octanol–water partition coefficient (Wildman–Crippen LogP) is 1.26. The molecule has 0 aromatic carbocycles. The highest BCUT2D eigenvalue weighted by Gasteiger charge is 2.10. The Morgan fingerprint density at radius 2 is 2.20 bits per heavy atom. The van der Waals surface area contributed by atoms with Crippen molar-refractivity contribution in [3.63, 3.8) is 0 Å². The molecule has 7 nitrogen and oxygen atoms in total. The fraction of sp³-hybridized carbons (Fsp3) is 0.667. The first kappa shape index (κ1) is 19.5. The molecule has 1 aromatic heterocycles. The average molecular weight is 349 g/mol. The zero-order chi connectivity index (χ0) is 17.7. The van der Waals surface area contributed by atoms with Gasteiger partial charge in [-0.25, -0.2) is 4.98 Å². The van der Waals surface area contributed by atoms with Crippen molar-refractivity contribution in [1.29, 1.82) is 0 Å². The van der Waals surface area contributed by atoms with E-state index in [4.69, 9.17) is 9.47 Å². The highest BCUT2D eigenvalue weighted by molar-refractivity contribution is 5.79. The van der Waals surface area contributed by atoms with Crippen LogP contribution in [-0.4, -0.2) is 68.9 Å². The van der Waals surface area contributed by atoms with Gasteiger partial charge in [0.25, 0.3) is 0 Å². The number of nitrogens with zero attached hydrogens (tertiary/aromatic N) is 3. The third-order valence-electron chi connectivity index (χ3n) is 4.08. The Labute approximate surface area is 150 Å². The van der Waals surface area contributed by atoms with Crippen molar-refractivity contribution in [2.24, 2.45) is 4.99 Å². The van der Waals surface area contributed by atoms with E-state index in [0.29, 0.717) is 19.0 Å². The van der Waals surface area contributed by atoms with E-state index in [9.17, 15) is 0 Å². The predicted molar refractivity (Wildman–Crippen MR) is 100 cm³/mol. The molecule has 1 aromatic rings. The summed E-state index contributed by atoms with van der Waals surface area (Å²) in [4.78, 5) is 11.0. The van der Waals surface area contributed by atoms with Crippen molar-refractivity contribution in [3.8, 4) is 5.88 Å². The number of rotatable bonds is 9. The number of guanidine groups is 1. The maximum atomic E-state index is 5.77. The quantitative estimate of drug-likeness (QED) is 0.397. The number of aliphatic imine (C=N–C) groups is 1. The molecule has 1 aliphatic rings. The Kier molecular flexibility index (Phi) is 9.07. The van der Waals surface area contributed by atoms with Crippen LogP contribution in [0.1, 0.15) is 25.3 Å². The van der Waals surface area contributed by atoms with Crippen molar-refractivity contribution < 1.29 is 9.47 Å².